The van der Waals surface area contributed by atoms with E-state index in [1.165, 1.54) is 0 Å². The summed E-state index contributed by atoms with van der Waals surface area (Å²) in [5.74, 6) is -0.409. The molecule has 1 aromatic rings. The molecule has 1 aromatic carbocycles. The second-order valence-corrected chi connectivity index (χ2v) is 5.16. The summed E-state index contributed by atoms with van der Waals surface area (Å²) in [6.07, 6.45) is 3.17. The van der Waals surface area contributed by atoms with Crippen LogP contribution in [-0.2, 0) is 19.8 Å². The molecule has 0 spiro atoms. The fraction of sp³-hybridized carbons (Fsp3) is 0.533. The lowest BCUT2D eigenvalue weighted by Crippen LogP contribution is -2.44. The van der Waals surface area contributed by atoms with E-state index in [1.807, 2.05) is 30.3 Å². The van der Waals surface area contributed by atoms with Crippen molar-refractivity contribution in [3.05, 3.63) is 35.9 Å². The fourth-order valence-electron chi connectivity index (χ4n) is 2.16. The summed E-state index contributed by atoms with van der Waals surface area (Å²) < 4.78 is 10.8. The third-order valence-electron chi connectivity index (χ3n) is 3.47. The van der Waals surface area contributed by atoms with Crippen molar-refractivity contribution in [2.24, 2.45) is 5.73 Å². The van der Waals surface area contributed by atoms with Gasteiger partial charge in [-0.15, -0.1) is 0 Å². The van der Waals surface area contributed by atoms with Crippen molar-refractivity contribution in [1.82, 2.24) is 0 Å². The number of rotatable bonds is 4. The smallest absolute Gasteiger partial charge is 0.330 e. The number of nitrogens with two attached hydrogens (primary N) is 1. The maximum Gasteiger partial charge on any atom is 0.330 e. The molecular weight excluding hydrogens is 242 g/mol. The zero-order valence-electron chi connectivity index (χ0n) is 11.3. The molecule has 1 aliphatic heterocycles. The van der Waals surface area contributed by atoms with Gasteiger partial charge in [0, 0.05) is 6.61 Å². The van der Waals surface area contributed by atoms with E-state index in [2.05, 4.69) is 0 Å². The van der Waals surface area contributed by atoms with E-state index in [9.17, 15) is 4.79 Å². The van der Waals surface area contributed by atoms with E-state index < -0.39 is 11.5 Å². The second-order valence-electron chi connectivity index (χ2n) is 5.16. The van der Waals surface area contributed by atoms with Gasteiger partial charge in [0.25, 0.3) is 0 Å². The van der Waals surface area contributed by atoms with Crippen LogP contribution < -0.4 is 5.73 Å². The van der Waals surface area contributed by atoms with Crippen LogP contribution in [0, 0.1) is 0 Å². The Labute approximate surface area is 113 Å². The average Bonchev–Trinajstić information content (AvgIpc) is 2.46. The minimum atomic E-state index is -1.12. The summed E-state index contributed by atoms with van der Waals surface area (Å²) in [6.45, 7) is 2.71. The van der Waals surface area contributed by atoms with Crippen molar-refractivity contribution in [2.75, 3.05) is 13.2 Å². The molecule has 1 aliphatic rings. The van der Waals surface area contributed by atoms with Crippen LogP contribution in [0.5, 0.6) is 0 Å². The van der Waals surface area contributed by atoms with Crippen molar-refractivity contribution in [1.29, 1.82) is 0 Å². The van der Waals surface area contributed by atoms with Gasteiger partial charge in [-0.2, -0.15) is 0 Å². The Morgan fingerprint density at radius 2 is 2.16 bits per heavy atom. The Bertz CT molecular complexity index is 411. The van der Waals surface area contributed by atoms with E-state index >= 15 is 0 Å². The van der Waals surface area contributed by atoms with E-state index in [4.69, 9.17) is 15.2 Å². The molecular formula is C15H21NO3. The van der Waals surface area contributed by atoms with Crippen molar-refractivity contribution < 1.29 is 14.3 Å². The highest BCUT2D eigenvalue weighted by molar-refractivity contribution is 5.81. The van der Waals surface area contributed by atoms with Gasteiger partial charge in [0.2, 0.25) is 0 Å². The van der Waals surface area contributed by atoms with Gasteiger partial charge in [0.15, 0.2) is 0 Å². The van der Waals surface area contributed by atoms with Gasteiger partial charge in [0.05, 0.1) is 6.10 Å². The third kappa shape index (κ3) is 3.55. The zero-order chi connectivity index (χ0) is 13.7. The molecule has 0 saturated carbocycles. The second kappa shape index (κ2) is 6.17. The molecule has 1 saturated heterocycles. The molecule has 4 nitrogen and oxygen atoms in total. The Morgan fingerprint density at radius 1 is 1.42 bits per heavy atom. The molecule has 2 N–H and O–H groups in total. The van der Waals surface area contributed by atoms with E-state index in [0.717, 1.165) is 31.4 Å². The number of esters is 1. The van der Waals surface area contributed by atoms with Crippen LogP contribution in [0.1, 0.15) is 31.7 Å². The first-order valence-electron chi connectivity index (χ1n) is 6.74. The SMILES string of the molecule is CC(N)(C(=O)OCC1CCCCO1)c1ccccc1. The molecule has 0 amide bonds. The zero-order valence-corrected chi connectivity index (χ0v) is 11.3. The van der Waals surface area contributed by atoms with Crippen LogP contribution in [0.15, 0.2) is 30.3 Å². The molecule has 0 aromatic heterocycles. The summed E-state index contributed by atoms with van der Waals surface area (Å²) >= 11 is 0. The average molecular weight is 263 g/mol. The summed E-state index contributed by atoms with van der Waals surface area (Å²) in [4.78, 5) is 12.1. The quantitative estimate of drug-likeness (QED) is 0.844. The number of hydrogen-bond donors (Lipinski definition) is 1. The highest BCUT2D eigenvalue weighted by atomic mass is 16.6. The molecule has 0 radical (unpaired) electrons. The Kier molecular flexibility index (Phi) is 4.56. The van der Waals surface area contributed by atoms with Gasteiger partial charge in [-0.05, 0) is 31.7 Å². The van der Waals surface area contributed by atoms with Gasteiger partial charge in [-0.3, -0.25) is 0 Å². The van der Waals surface area contributed by atoms with Crippen LogP contribution in [-0.4, -0.2) is 25.3 Å². The lowest BCUT2D eigenvalue weighted by Gasteiger charge is -2.26. The maximum atomic E-state index is 12.1. The summed E-state index contributed by atoms with van der Waals surface area (Å²) in [6, 6.07) is 9.27. The molecule has 2 atom stereocenters. The van der Waals surface area contributed by atoms with E-state index in [1.54, 1.807) is 6.92 Å². The summed E-state index contributed by atoms with van der Waals surface area (Å²) in [5, 5.41) is 0. The number of benzene rings is 1. The summed E-state index contributed by atoms with van der Waals surface area (Å²) in [7, 11) is 0. The Balaban J connectivity index is 1.91. The van der Waals surface area contributed by atoms with Crippen molar-refractivity contribution in [3.63, 3.8) is 0 Å². The Morgan fingerprint density at radius 3 is 2.79 bits per heavy atom. The van der Waals surface area contributed by atoms with Crippen molar-refractivity contribution >= 4 is 5.97 Å². The molecule has 2 unspecified atom stereocenters. The highest BCUT2D eigenvalue weighted by Crippen LogP contribution is 2.20. The van der Waals surface area contributed by atoms with Crippen molar-refractivity contribution in [3.8, 4) is 0 Å². The lowest BCUT2D eigenvalue weighted by atomic mass is 9.93. The predicted molar refractivity (Wildman–Crippen MR) is 72.5 cm³/mol. The van der Waals surface area contributed by atoms with Crippen LogP contribution in [0.4, 0.5) is 0 Å². The number of carbonyl (C=O) groups excluding carboxylic acids is 1. The highest BCUT2D eigenvalue weighted by Gasteiger charge is 2.32. The first-order chi connectivity index (χ1) is 9.10. The van der Waals surface area contributed by atoms with Crippen LogP contribution in [0.3, 0.4) is 0 Å². The Hall–Kier alpha value is -1.39. The van der Waals surface area contributed by atoms with Gasteiger partial charge in [-0.25, -0.2) is 4.79 Å². The third-order valence-corrected chi connectivity index (χ3v) is 3.47. The van der Waals surface area contributed by atoms with Gasteiger partial charge >= 0.3 is 5.97 Å². The molecule has 1 heterocycles. The first-order valence-corrected chi connectivity index (χ1v) is 6.74. The predicted octanol–water partition coefficient (Wildman–Crippen LogP) is 1.97. The topological polar surface area (TPSA) is 61.6 Å². The minimum Gasteiger partial charge on any atom is -0.461 e. The molecule has 0 bridgehead atoms. The van der Waals surface area contributed by atoms with Gasteiger partial charge < -0.3 is 15.2 Å². The fourth-order valence-corrected chi connectivity index (χ4v) is 2.16. The summed E-state index contributed by atoms with van der Waals surface area (Å²) in [5.41, 5.74) is 5.72. The molecule has 2 rings (SSSR count). The normalized spacial score (nSPS) is 22.5. The maximum absolute atomic E-state index is 12.1. The lowest BCUT2D eigenvalue weighted by molar-refractivity contribution is -0.155. The van der Waals surface area contributed by atoms with E-state index in [-0.39, 0.29) is 6.10 Å². The largest absolute Gasteiger partial charge is 0.461 e. The molecule has 104 valence electrons. The number of ether oxygens (including phenoxy) is 2. The molecule has 0 aliphatic carbocycles. The van der Waals surface area contributed by atoms with Crippen LogP contribution in [0.2, 0.25) is 0 Å². The van der Waals surface area contributed by atoms with Gasteiger partial charge in [-0.1, -0.05) is 30.3 Å². The molecule has 4 heteroatoms. The van der Waals surface area contributed by atoms with E-state index in [0.29, 0.717) is 6.61 Å². The number of hydrogen-bond acceptors (Lipinski definition) is 4. The number of carbonyl (C=O) groups is 1. The van der Waals surface area contributed by atoms with Crippen LogP contribution in [0.25, 0.3) is 0 Å². The molecule has 1 fully saturated rings. The minimum absolute atomic E-state index is 0.0178. The molecule has 19 heavy (non-hydrogen) atoms. The van der Waals surface area contributed by atoms with Gasteiger partial charge in [0.1, 0.15) is 12.1 Å². The first kappa shape index (κ1) is 14.0. The standard InChI is InChI=1S/C15H21NO3/c1-15(16,12-7-3-2-4-8-12)14(17)19-11-13-9-5-6-10-18-13/h2-4,7-8,13H,5-6,9-11,16H2,1H3. The monoisotopic (exact) mass is 263 g/mol. The van der Waals surface area contributed by atoms with Crippen molar-refractivity contribution in [2.45, 2.75) is 37.8 Å². The van der Waals surface area contributed by atoms with Crippen LogP contribution >= 0.6 is 0 Å².